The Hall–Kier alpha value is -4.24. The number of H-pyrrole nitrogens is 1. The van der Waals surface area contributed by atoms with Crippen molar-refractivity contribution in [2.75, 3.05) is 32.1 Å². The number of rotatable bonds is 9. The summed E-state index contributed by atoms with van der Waals surface area (Å²) in [7, 11) is 1.66. The molecule has 2 aromatic heterocycles. The number of anilines is 1. The molecule has 0 bridgehead atoms. The Kier molecular flexibility index (Phi) is 8.17. The van der Waals surface area contributed by atoms with E-state index in [1.54, 1.807) is 13.2 Å². The lowest BCUT2D eigenvalue weighted by Crippen LogP contribution is -2.47. The van der Waals surface area contributed by atoms with Crippen LogP contribution in [0.25, 0.3) is 22.4 Å². The molecule has 1 aliphatic heterocycles. The SMILES string of the molecule is COC1CC(Cc2ccccc2)CCN1C(=O)c1cc2c(NCCNC(C)=O)nc(-c3ccccc3)nc2[nH]1. The molecule has 4 aromatic rings. The fourth-order valence-corrected chi connectivity index (χ4v) is 5.13. The van der Waals surface area contributed by atoms with Crippen molar-refractivity contribution >= 4 is 28.7 Å². The number of ether oxygens (including phenoxy) is 1. The molecule has 0 aliphatic carbocycles. The van der Waals surface area contributed by atoms with Crippen molar-refractivity contribution in [1.82, 2.24) is 25.2 Å². The second-order valence-corrected chi connectivity index (χ2v) is 9.89. The number of aromatic amines is 1. The summed E-state index contributed by atoms with van der Waals surface area (Å²) in [4.78, 5) is 39.5. The van der Waals surface area contributed by atoms with E-state index >= 15 is 0 Å². The van der Waals surface area contributed by atoms with E-state index < -0.39 is 0 Å². The number of likely N-dealkylation sites (tertiary alicyclic amines) is 1. The summed E-state index contributed by atoms with van der Waals surface area (Å²) in [5.41, 5.74) is 3.19. The van der Waals surface area contributed by atoms with E-state index in [0.717, 1.165) is 24.8 Å². The maximum absolute atomic E-state index is 13.7. The lowest BCUT2D eigenvalue weighted by Gasteiger charge is -2.38. The van der Waals surface area contributed by atoms with Crippen LogP contribution in [0.5, 0.6) is 0 Å². The van der Waals surface area contributed by atoms with Crippen molar-refractivity contribution < 1.29 is 14.3 Å². The van der Waals surface area contributed by atoms with Gasteiger partial charge in [0, 0.05) is 39.2 Å². The fourth-order valence-electron chi connectivity index (χ4n) is 5.13. The Morgan fingerprint density at radius 2 is 1.79 bits per heavy atom. The lowest BCUT2D eigenvalue weighted by molar-refractivity contribution is -0.118. The largest absolute Gasteiger partial charge is 0.368 e. The van der Waals surface area contributed by atoms with E-state index in [4.69, 9.17) is 14.7 Å². The highest BCUT2D eigenvalue weighted by atomic mass is 16.5. The molecular formula is C30H34N6O3. The minimum Gasteiger partial charge on any atom is -0.368 e. The number of carbonyl (C=O) groups is 2. The van der Waals surface area contributed by atoms with Gasteiger partial charge in [-0.1, -0.05) is 60.7 Å². The second-order valence-electron chi connectivity index (χ2n) is 9.89. The van der Waals surface area contributed by atoms with Crippen molar-refractivity contribution in [3.63, 3.8) is 0 Å². The summed E-state index contributed by atoms with van der Waals surface area (Å²) in [5, 5.41) is 6.79. The number of hydrogen-bond acceptors (Lipinski definition) is 6. The Morgan fingerprint density at radius 3 is 2.51 bits per heavy atom. The predicted molar refractivity (Wildman–Crippen MR) is 151 cm³/mol. The van der Waals surface area contributed by atoms with Gasteiger partial charge in [-0.25, -0.2) is 9.97 Å². The number of methoxy groups -OCH3 is 1. The zero-order chi connectivity index (χ0) is 27.2. The molecule has 9 nitrogen and oxygen atoms in total. The molecule has 2 amide bonds. The van der Waals surface area contributed by atoms with Gasteiger partial charge >= 0.3 is 0 Å². The van der Waals surface area contributed by atoms with Gasteiger partial charge in [0.25, 0.3) is 5.91 Å². The van der Waals surface area contributed by atoms with Gasteiger partial charge in [0.2, 0.25) is 5.91 Å². The third-order valence-corrected chi connectivity index (χ3v) is 7.10. The fraction of sp³-hybridized carbons (Fsp3) is 0.333. The van der Waals surface area contributed by atoms with Crippen LogP contribution in [0.4, 0.5) is 5.82 Å². The van der Waals surface area contributed by atoms with Crippen molar-refractivity contribution in [2.24, 2.45) is 5.92 Å². The zero-order valence-electron chi connectivity index (χ0n) is 22.3. The number of hydrogen-bond donors (Lipinski definition) is 3. The predicted octanol–water partition coefficient (Wildman–Crippen LogP) is 4.24. The van der Waals surface area contributed by atoms with Crippen LogP contribution >= 0.6 is 0 Å². The molecule has 0 radical (unpaired) electrons. The van der Waals surface area contributed by atoms with Gasteiger partial charge in [0.15, 0.2) is 5.82 Å². The number of amides is 2. The number of piperidine rings is 1. The standard InChI is InChI=1S/C30H34N6O3/c1-20(37)31-14-15-32-28-24-19-25(33-29(24)35-27(34-28)23-11-7-4-8-12-23)30(38)36-16-13-22(18-26(36)39-2)17-21-9-5-3-6-10-21/h3-12,19,22,26H,13-18H2,1-2H3,(H,31,37)(H2,32,33,34,35). The Labute approximate surface area is 228 Å². The first-order chi connectivity index (χ1) is 19.0. The average Bonchev–Trinajstić information content (AvgIpc) is 3.40. The molecule has 202 valence electrons. The summed E-state index contributed by atoms with van der Waals surface area (Å²) >= 11 is 0. The molecule has 9 heteroatoms. The van der Waals surface area contributed by atoms with Crippen LogP contribution in [-0.4, -0.2) is 64.6 Å². The van der Waals surface area contributed by atoms with Crippen LogP contribution in [0.1, 0.15) is 35.8 Å². The summed E-state index contributed by atoms with van der Waals surface area (Å²) in [5.74, 6) is 1.38. The summed E-state index contributed by atoms with van der Waals surface area (Å²) in [6.07, 6.45) is 2.37. The van der Waals surface area contributed by atoms with E-state index in [-0.39, 0.29) is 18.0 Å². The van der Waals surface area contributed by atoms with Gasteiger partial charge in [0.05, 0.1) is 5.39 Å². The molecular weight excluding hydrogens is 492 g/mol. The monoisotopic (exact) mass is 526 g/mol. The lowest BCUT2D eigenvalue weighted by atomic mass is 9.89. The molecule has 0 spiro atoms. The molecule has 5 rings (SSSR count). The van der Waals surface area contributed by atoms with Crippen LogP contribution in [0.3, 0.4) is 0 Å². The van der Waals surface area contributed by atoms with E-state index in [1.165, 1.54) is 12.5 Å². The Morgan fingerprint density at radius 1 is 1.05 bits per heavy atom. The van der Waals surface area contributed by atoms with Crippen LogP contribution < -0.4 is 10.6 Å². The molecule has 2 unspecified atom stereocenters. The van der Waals surface area contributed by atoms with Gasteiger partial charge in [-0.15, -0.1) is 0 Å². The highest BCUT2D eigenvalue weighted by molar-refractivity contribution is 6.00. The molecule has 39 heavy (non-hydrogen) atoms. The van der Waals surface area contributed by atoms with Crippen LogP contribution in [-0.2, 0) is 16.0 Å². The maximum atomic E-state index is 13.7. The topological polar surface area (TPSA) is 112 Å². The van der Waals surface area contributed by atoms with Crippen molar-refractivity contribution in [3.05, 3.63) is 78.0 Å². The minimum absolute atomic E-state index is 0.0932. The average molecular weight is 527 g/mol. The first-order valence-electron chi connectivity index (χ1n) is 13.3. The number of carbonyl (C=O) groups excluding carboxylic acids is 2. The molecule has 3 N–H and O–H groups in total. The molecule has 1 saturated heterocycles. The quantitative estimate of drug-likeness (QED) is 0.281. The first kappa shape index (κ1) is 26.4. The third kappa shape index (κ3) is 6.26. The van der Waals surface area contributed by atoms with E-state index in [0.29, 0.717) is 53.9 Å². The highest BCUT2D eigenvalue weighted by Gasteiger charge is 2.33. The highest BCUT2D eigenvalue weighted by Crippen LogP contribution is 2.30. The minimum atomic E-state index is -0.299. The molecule has 2 atom stereocenters. The maximum Gasteiger partial charge on any atom is 0.272 e. The van der Waals surface area contributed by atoms with Gasteiger partial charge in [0.1, 0.15) is 23.4 Å². The van der Waals surface area contributed by atoms with Crippen molar-refractivity contribution in [3.8, 4) is 11.4 Å². The van der Waals surface area contributed by atoms with E-state index in [9.17, 15) is 9.59 Å². The number of nitrogens with one attached hydrogen (secondary N) is 3. The summed E-state index contributed by atoms with van der Waals surface area (Å²) in [6, 6.07) is 21.9. The second kappa shape index (κ2) is 12.1. The van der Waals surface area contributed by atoms with Gasteiger partial charge < -0.3 is 25.3 Å². The normalized spacial score (nSPS) is 17.2. The first-order valence-corrected chi connectivity index (χ1v) is 13.3. The Bertz CT molecular complexity index is 1420. The Balaban J connectivity index is 1.38. The number of nitrogens with zero attached hydrogens (tertiary/aromatic N) is 3. The van der Waals surface area contributed by atoms with Gasteiger partial charge in [-0.05, 0) is 36.8 Å². The summed E-state index contributed by atoms with van der Waals surface area (Å²) in [6.45, 7) is 3.03. The molecule has 1 aliphatic rings. The smallest absolute Gasteiger partial charge is 0.272 e. The van der Waals surface area contributed by atoms with Crippen LogP contribution in [0.15, 0.2) is 66.7 Å². The molecule has 2 aromatic carbocycles. The molecule has 0 saturated carbocycles. The van der Waals surface area contributed by atoms with Crippen LogP contribution in [0, 0.1) is 5.92 Å². The zero-order valence-corrected chi connectivity index (χ0v) is 22.3. The van der Waals surface area contributed by atoms with Gasteiger partial charge in [-0.2, -0.15) is 0 Å². The van der Waals surface area contributed by atoms with Crippen molar-refractivity contribution in [1.29, 1.82) is 0 Å². The third-order valence-electron chi connectivity index (χ3n) is 7.10. The molecule has 3 heterocycles. The van der Waals surface area contributed by atoms with E-state index in [1.807, 2.05) is 41.3 Å². The number of aromatic nitrogens is 3. The number of benzene rings is 2. The van der Waals surface area contributed by atoms with E-state index in [2.05, 4.69) is 39.9 Å². The molecule has 1 fully saturated rings. The van der Waals surface area contributed by atoms with Gasteiger partial charge in [-0.3, -0.25) is 9.59 Å². The van der Waals surface area contributed by atoms with Crippen molar-refractivity contribution in [2.45, 2.75) is 32.4 Å². The van der Waals surface area contributed by atoms with Crippen LogP contribution in [0.2, 0.25) is 0 Å². The number of fused-ring (bicyclic) bond motifs is 1. The summed E-state index contributed by atoms with van der Waals surface area (Å²) < 4.78 is 5.79.